The largest absolute Gasteiger partial charge is 0.494 e. The van der Waals surface area contributed by atoms with Gasteiger partial charge in [-0.1, -0.05) is 37.6 Å². The van der Waals surface area contributed by atoms with Gasteiger partial charge in [0.1, 0.15) is 5.82 Å². The van der Waals surface area contributed by atoms with Crippen molar-refractivity contribution >= 4 is 41.6 Å². The van der Waals surface area contributed by atoms with E-state index in [2.05, 4.69) is 10.6 Å². The molecule has 0 aliphatic carbocycles. The Hall–Kier alpha value is -2.09. The standard InChI is InChI=1S/C19H23BClFN2O3/c1-12(2)19(3,4)27-20(26)15-6-5-7-16(17(15)22)24-18(25)23-14-10-8-13(21)9-11-14/h5-12,26H,1-4H3,(H2,23,24,25). The lowest BCUT2D eigenvalue weighted by Gasteiger charge is -2.31. The van der Waals surface area contributed by atoms with Crippen molar-refractivity contribution in [1.82, 2.24) is 0 Å². The van der Waals surface area contributed by atoms with Crippen LogP contribution in [-0.4, -0.2) is 23.8 Å². The van der Waals surface area contributed by atoms with E-state index in [1.54, 1.807) is 24.3 Å². The van der Waals surface area contributed by atoms with Crippen LogP contribution in [0.4, 0.5) is 20.6 Å². The van der Waals surface area contributed by atoms with E-state index in [-0.39, 0.29) is 17.1 Å². The lowest BCUT2D eigenvalue weighted by atomic mass is 9.76. The molecule has 2 aromatic rings. The van der Waals surface area contributed by atoms with Gasteiger partial charge in [-0.05, 0) is 50.1 Å². The van der Waals surface area contributed by atoms with Crippen LogP contribution in [0.3, 0.4) is 0 Å². The van der Waals surface area contributed by atoms with Crippen molar-refractivity contribution in [2.24, 2.45) is 5.92 Å². The summed E-state index contributed by atoms with van der Waals surface area (Å²) in [4.78, 5) is 12.1. The highest BCUT2D eigenvalue weighted by Crippen LogP contribution is 2.22. The zero-order valence-corrected chi connectivity index (χ0v) is 16.5. The van der Waals surface area contributed by atoms with Crippen LogP contribution in [-0.2, 0) is 4.65 Å². The summed E-state index contributed by atoms with van der Waals surface area (Å²) in [5.74, 6) is -0.641. The average Bonchev–Trinajstić information content (AvgIpc) is 2.58. The van der Waals surface area contributed by atoms with Crippen molar-refractivity contribution < 1.29 is 18.9 Å². The number of rotatable bonds is 6. The molecule has 144 valence electrons. The Balaban J connectivity index is 2.11. The molecule has 0 heterocycles. The van der Waals surface area contributed by atoms with E-state index in [4.69, 9.17) is 16.3 Å². The lowest BCUT2D eigenvalue weighted by molar-refractivity contribution is 0.0421. The first-order valence-electron chi connectivity index (χ1n) is 8.58. The number of amides is 2. The van der Waals surface area contributed by atoms with Crippen LogP contribution in [0.15, 0.2) is 42.5 Å². The van der Waals surface area contributed by atoms with Gasteiger partial charge in [-0.2, -0.15) is 0 Å². The molecule has 3 N–H and O–H groups in total. The molecule has 0 radical (unpaired) electrons. The number of benzene rings is 2. The smallest absolute Gasteiger partial charge is 0.423 e. The van der Waals surface area contributed by atoms with Crippen LogP contribution in [0.2, 0.25) is 5.02 Å². The Morgan fingerprint density at radius 3 is 2.41 bits per heavy atom. The van der Waals surface area contributed by atoms with Gasteiger partial charge in [-0.25, -0.2) is 9.18 Å². The fraction of sp³-hybridized carbons (Fsp3) is 0.316. The molecule has 0 aromatic heterocycles. The van der Waals surface area contributed by atoms with Gasteiger partial charge >= 0.3 is 13.1 Å². The first-order chi connectivity index (χ1) is 12.6. The maximum Gasteiger partial charge on any atom is 0.494 e. The Kier molecular flexibility index (Phi) is 6.86. The number of hydrogen-bond acceptors (Lipinski definition) is 3. The van der Waals surface area contributed by atoms with E-state index in [1.165, 1.54) is 18.2 Å². The SMILES string of the molecule is CC(C)C(C)(C)OB(O)c1cccc(NC(=O)Nc2ccc(Cl)cc2)c1F. The third kappa shape index (κ3) is 5.69. The number of nitrogens with one attached hydrogen (secondary N) is 2. The number of carbonyl (C=O) groups excluding carboxylic acids is 1. The summed E-state index contributed by atoms with van der Waals surface area (Å²) in [6, 6.07) is 10.2. The molecular formula is C19H23BClFN2O3. The summed E-state index contributed by atoms with van der Waals surface area (Å²) < 4.78 is 20.4. The van der Waals surface area contributed by atoms with E-state index >= 15 is 0 Å². The molecule has 27 heavy (non-hydrogen) atoms. The molecule has 0 aliphatic heterocycles. The monoisotopic (exact) mass is 392 g/mol. The second-order valence-corrected chi connectivity index (χ2v) is 7.46. The molecule has 5 nitrogen and oxygen atoms in total. The summed E-state index contributed by atoms with van der Waals surface area (Å²) in [6.07, 6.45) is 0. The van der Waals surface area contributed by atoms with E-state index in [0.29, 0.717) is 10.7 Å². The average molecular weight is 393 g/mol. The maximum atomic E-state index is 14.8. The van der Waals surface area contributed by atoms with Crippen LogP contribution in [0, 0.1) is 11.7 Å². The first-order valence-corrected chi connectivity index (χ1v) is 8.96. The summed E-state index contributed by atoms with van der Waals surface area (Å²) in [5.41, 5.74) is -0.256. The van der Waals surface area contributed by atoms with Gasteiger partial charge < -0.3 is 20.3 Å². The van der Waals surface area contributed by atoms with Gasteiger partial charge in [0.2, 0.25) is 0 Å². The summed E-state index contributed by atoms with van der Waals surface area (Å²) >= 11 is 5.80. The zero-order chi connectivity index (χ0) is 20.2. The fourth-order valence-corrected chi connectivity index (χ4v) is 2.27. The number of urea groups is 1. The van der Waals surface area contributed by atoms with E-state index in [9.17, 15) is 14.2 Å². The normalized spacial score (nSPS) is 11.4. The molecule has 0 saturated heterocycles. The van der Waals surface area contributed by atoms with Gasteiger partial charge in [0.25, 0.3) is 0 Å². The predicted molar refractivity (Wildman–Crippen MR) is 108 cm³/mol. The van der Waals surface area contributed by atoms with Crippen molar-refractivity contribution in [2.75, 3.05) is 10.6 Å². The summed E-state index contributed by atoms with van der Waals surface area (Å²) in [7, 11) is -1.46. The Bertz CT molecular complexity index is 800. The quantitative estimate of drug-likeness (QED) is 0.643. The number of anilines is 2. The molecule has 0 aliphatic rings. The van der Waals surface area contributed by atoms with E-state index in [1.807, 2.05) is 27.7 Å². The topological polar surface area (TPSA) is 70.6 Å². The van der Waals surface area contributed by atoms with Crippen molar-refractivity contribution in [3.63, 3.8) is 0 Å². The highest BCUT2D eigenvalue weighted by atomic mass is 35.5. The maximum absolute atomic E-state index is 14.8. The molecule has 0 fully saturated rings. The molecule has 8 heteroatoms. The molecule has 0 atom stereocenters. The van der Waals surface area contributed by atoms with Crippen molar-refractivity contribution in [1.29, 1.82) is 0 Å². The van der Waals surface area contributed by atoms with Crippen LogP contribution in [0.5, 0.6) is 0 Å². The van der Waals surface area contributed by atoms with Crippen molar-refractivity contribution in [3.8, 4) is 0 Å². The minimum Gasteiger partial charge on any atom is -0.423 e. The zero-order valence-electron chi connectivity index (χ0n) is 15.7. The molecule has 2 rings (SSSR count). The van der Waals surface area contributed by atoms with Crippen LogP contribution < -0.4 is 16.1 Å². The third-order valence-corrected chi connectivity index (χ3v) is 4.70. The highest BCUT2D eigenvalue weighted by molar-refractivity contribution is 6.60. The van der Waals surface area contributed by atoms with Gasteiger partial charge in [0, 0.05) is 16.2 Å². The van der Waals surface area contributed by atoms with Gasteiger partial charge in [0.15, 0.2) is 0 Å². The Morgan fingerprint density at radius 2 is 1.81 bits per heavy atom. The lowest BCUT2D eigenvalue weighted by Crippen LogP contribution is -2.45. The van der Waals surface area contributed by atoms with Crippen molar-refractivity contribution in [3.05, 3.63) is 53.3 Å². The Labute approximate surface area is 164 Å². The second kappa shape index (κ2) is 8.74. The molecular weight excluding hydrogens is 369 g/mol. The summed E-state index contributed by atoms with van der Waals surface area (Å²) in [6.45, 7) is 7.53. The summed E-state index contributed by atoms with van der Waals surface area (Å²) in [5, 5.41) is 15.8. The number of carbonyl (C=O) groups is 1. The molecule has 2 aromatic carbocycles. The molecule has 2 amide bonds. The van der Waals surface area contributed by atoms with Gasteiger partial charge in [0.05, 0.1) is 11.3 Å². The van der Waals surface area contributed by atoms with Crippen molar-refractivity contribution in [2.45, 2.75) is 33.3 Å². The fourth-order valence-electron chi connectivity index (χ4n) is 2.14. The van der Waals surface area contributed by atoms with Crippen LogP contribution in [0.1, 0.15) is 27.7 Å². The van der Waals surface area contributed by atoms with Gasteiger partial charge in [-0.3, -0.25) is 0 Å². The van der Waals surface area contributed by atoms with E-state index < -0.39 is 24.6 Å². The molecule has 0 spiro atoms. The van der Waals surface area contributed by atoms with Gasteiger partial charge in [-0.15, -0.1) is 0 Å². The van der Waals surface area contributed by atoms with Crippen LogP contribution >= 0.6 is 11.6 Å². The predicted octanol–water partition coefficient (Wildman–Crippen LogP) is 4.26. The Morgan fingerprint density at radius 1 is 1.19 bits per heavy atom. The third-order valence-electron chi connectivity index (χ3n) is 4.45. The molecule has 0 bridgehead atoms. The molecule has 0 saturated carbocycles. The second-order valence-electron chi connectivity index (χ2n) is 7.02. The number of hydrogen-bond donors (Lipinski definition) is 3. The minimum atomic E-state index is -1.46. The first kappa shape index (κ1) is 21.2. The molecule has 0 unspecified atom stereocenters. The van der Waals surface area contributed by atoms with Crippen LogP contribution in [0.25, 0.3) is 0 Å². The highest BCUT2D eigenvalue weighted by Gasteiger charge is 2.32. The minimum absolute atomic E-state index is 0.0481. The van der Waals surface area contributed by atoms with E-state index in [0.717, 1.165) is 0 Å². The number of halogens is 2.